The molecule has 0 aliphatic carbocycles. The molecule has 0 saturated carbocycles. The third-order valence-corrected chi connectivity index (χ3v) is 2.49. The van der Waals surface area contributed by atoms with Crippen LogP contribution in [0.1, 0.15) is 12.0 Å². The van der Waals surface area contributed by atoms with E-state index in [4.69, 9.17) is 5.26 Å². The van der Waals surface area contributed by atoms with Crippen LogP contribution in [0.2, 0.25) is 0 Å². The lowest BCUT2D eigenvalue weighted by Gasteiger charge is -2.01. The van der Waals surface area contributed by atoms with Crippen LogP contribution in [0.4, 0.5) is 4.39 Å². The molecule has 1 aromatic rings. The Morgan fingerprint density at radius 2 is 2.31 bits per heavy atom. The number of halogens is 1. The zero-order chi connectivity index (χ0) is 9.68. The minimum atomic E-state index is -0.206. The van der Waals surface area contributed by atoms with Crippen molar-refractivity contribution in [1.82, 2.24) is 0 Å². The van der Waals surface area contributed by atoms with Gasteiger partial charge in [-0.15, -0.1) is 11.8 Å². The molecule has 0 aliphatic heterocycles. The molecule has 0 aromatic heterocycles. The highest BCUT2D eigenvalue weighted by molar-refractivity contribution is 7.98. The number of nitrogens with zero attached hydrogens (tertiary/aromatic N) is 1. The van der Waals surface area contributed by atoms with Gasteiger partial charge in [-0.2, -0.15) is 5.26 Å². The van der Waals surface area contributed by atoms with Crippen molar-refractivity contribution in [3.8, 4) is 6.07 Å². The van der Waals surface area contributed by atoms with E-state index in [1.165, 1.54) is 17.8 Å². The van der Waals surface area contributed by atoms with Crippen LogP contribution in [0, 0.1) is 17.1 Å². The van der Waals surface area contributed by atoms with Crippen LogP contribution in [-0.4, -0.2) is 6.26 Å². The zero-order valence-corrected chi connectivity index (χ0v) is 8.20. The predicted molar refractivity (Wildman–Crippen MR) is 52.1 cm³/mol. The van der Waals surface area contributed by atoms with Crippen LogP contribution < -0.4 is 0 Å². The van der Waals surface area contributed by atoms with Crippen molar-refractivity contribution in [3.05, 3.63) is 29.6 Å². The lowest BCUT2D eigenvalue weighted by molar-refractivity contribution is 0.606. The summed E-state index contributed by atoms with van der Waals surface area (Å²) in [7, 11) is 0. The molecule has 0 N–H and O–H groups in total. The van der Waals surface area contributed by atoms with E-state index in [2.05, 4.69) is 0 Å². The molecule has 1 rings (SSSR count). The Morgan fingerprint density at radius 1 is 1.54 bits per heavy atom. The highest BCUT2D eigenvalue weighted by Gasteiger charge is 2.02. The minimum Gasteiger partial charge on any atom is -0.207 e. The molecule has 1 aromatic carbocycles. The van der Waals surface area contributed by atoms with Gasteiger partial charge >= 0.3 is 0 Å². The number of nitriles is 1. The second kappa shape index (κ2) is 4.88. The lowest BCUT2D eigenvalue weighted by atomic mass is 10.1. The Morgan fingerprint density at radius 3 is 2.85 bits per heavy atom. The van der Waals surface area contributed by atoms with Crippen LogP contribution in [0.3, 0.4) is 0 Å². The van der Waals surface area contributed by atoms with E-state index in [-0.39, 0.29) is 5.82 Å². The van der Waals surface area contributed by atoms with Crippen LogP contribution in [0.25, 0.3) is 0 Å². The number of hydrogen-bond donors (Lipinski definition) is 0. The van der Waals surface area contributed by atoms with E-state index >= 15 is 0 Å². The monoisotopic (exact) mass is 195 g/mol. The summed E-state index contributed by atoms with van der Waals surface area (Å²) in [5, 5.41) is 8.34. The van der Waals surface area contributed by atoms with E-state index in [0.717, 1.165) is 4.90 Å². The summed E-state index contributed by atoms with van der Waals surface area (Å²) in [4.78, 5) is 0.915. The lowest BCUT2D eigenvalue weighted by Crippen LogP contribution is -1.89. The van der Waals surface area contributed by atoms with Gasteiger partial charge in [-0.05, 0) is 30.4 Å². The van der Waals surface area contributed by atoms with Crippen LogP contribution in [0.5, 0.6) is 0 Å². The zero-order valence-electron chi connectivity index (χ0n) is 7.38. The predicted octanol–water partition coefficient (Wildman–Crippen LogP) is 3.00. The van der Waals surface area contributed by atoms with E-state index in [1.807, 2.05) is 18.4 Å². The number of benzene rings is 1. The van der Waals surface area contributed by atoms with Gasteiger partial charge in [0, 0.05) is 11.3 Å². The quantitative estimate of drug-likeness (QED) is 0.692. The molecular weight excluding hydrogens is 185 g/mol. The molecule has 0 amide bonds. The SMILES string of the molecule is CSc1ccc(CCC#N)c(F)c1. The molecule has 0 radical (unpaired) electrons. The van der Waals surface area contributed by atoms with Gasteiger partial charge in [0.1, 0.15) is 5.82 Å². The molecule has 0 aliphatic rings. The van der Waals surface area contributed by atoms with Gasteiger partial charge in [0.15, 0.2) is 0 Å². The van der Waals surface area contributed by atoms with Crippen molar-refractivity contribution in [3.63, 3.8) is 0 Å². The molecule has 1 nitrogen and oxygen atoms in total. The van der Waals surface area contributed by atoms with Crippen molar-refractivity contribution < 1.29 is 4.39 Å². The summed E-state index contributed by atoms with van der Waals surface area (Å²) in [6.07, 6.45) is 2.77. The molecular formula is C10H10FNS. The maximum Gasteiger partial charge on any atom is 0.127 e. The van der Waals surface area contributed by atoms with E-state index in [1.54, 1.807) is 6.07 Å². The van der Waals surface area contributed by atoms with Gasteiger partial charge in [-0.3, -0.25) is 0 Å². The Bertz CT molecular complexity index is 330. The second-order valence-corrected chi connectivity index (χ2v) is 3.50. The fraction of sp³-hybridized carbons (Fsp3) is 0.300. The summed E-state index contributed by atoms with van der Waals surface area (Å²) in [5.74, 6) is -0.206. The summed E-state index contributed by atoms with van der Waals surface area (Å²) < 4.78 is 13.2. The van der Waals surface area contributed by atoms with Gasteiger partial charge < -0.3 is 0 Å². The van der Waals surface area contributed by atoms with Crippen LogP contribution in [0.15, 0.2) is 23.1 Å². The first-order chi connectivity index (χ1) is 6.27. The molecule has 0 atom stereocenters. The van der Waals surface area contributed by atoms with Crippen molar-refractivity contribution >= 4 is 11.8 Å². The number of thioether (sulfide) groups is 1. The fourth-order valence-corrected chi connectivity index (χ4v) is 1.47. The molecule has 0 unspecified atom stereocenters. The van der Waals surface area contributed by atoms with Gasteiger partial charge in [0.2, 0.25) is 0 Å². The van der Waals surface area contributed by atoms with E-state index in [9.17, 15) is 4.39 Å². The number of rotatable bonds is 3. The average Bonchev–Trinajstić information content (AvgIpc) is 2.16. The van der Waals surface area contributed by atoms with E-state index < -0.39 is 0 Å². The summed E-state index contributed by atoms with van der Waals surface area (Å²) in [6.45, 7) is 0. The van der Waals surface area contributed by atoms with Crippen LogP contribution in [-0.2, 0) is 6.42 Å². The molecule has 13 heavy (non-hydrogen) atoms. The molecule has 0 spiro atoms. The van der Waals surface area contributed by atoms with Gasteiger partial charge in [-0.25, -0.2) is 4.39 Å². The van der Waals surface area contributed by atoms with Gasteiger partial charge in [0.05, 0.1) is 6.07 Å². The maximum absolute atomic E-state index is 13.2. The Balaban J connectivity index is 2.80. The fourth-order valence-electron chi connectivity index (χ4n) is 1.05. The highest BCUT2D eigenvalue weighted by Crippen LogP contribution is 2.19. The first kappa shape index (κ1) is 10.1. The van der Waals surface area contributed by atoms with Crippen LogP contribution >= 0.6 is 11.8 Å². The summed E-state index contributed by atoms with van der Waals surface area (Å²) >= 11 is 1.51. The van der Waals surface area contributed by atoms with Crippen molar-refractivity contribution in [2.24, 2.45) is 0 Å². The summed E-state index contributed by atoms with van der Waals surface area (Å²) in [5.41, 5.74) is 0.624. The van der Waals surface area contributed by atoms with E-state index in [0.29, 0.717) is 18.4 Å². The standard InChI is InChI=1S/C10H10FNS/c1-13-9-5-4-8(3-2-6-12)10(11)7-9/h4-5,7H,2-3H2,1H3. The first-order valence-corrected chi connectivity index (χ1v) is 5.19. The smallest absolute Gasteiger partial charge is 0.127 e. The largest absolute Gasteiger partial charge is 0.207 e. The Labute approximate surface area is 81.6 Å². The molecule has 0 fully saturated rings. The molecule has 68 valence electrons. The molecule has 0 bridgehead atoms. The van der Waals surface area contributed by atoms with Crippen molar-refractivity contribution in [2.45, 2.75) is 17.7 Å². The third kappa shape index (κ3) is 2.74. The van der Waals surface area contributed by atoms with Crippen molar-refractivity contribution in [2.75, 3.05) is 6.26 Å². The molecule has 0 heterocycles. The first-order valence-electron chi connectivity index (χ1n) is 3.97. The average molecular weight is 195 g/mol. The minimum absolute atomic E-state index is 0.206. The normalized spacial score (nSPS) is 9.62. The second-order valence-electron chi connectivity index (χ2n) is 2.62. The van der Waals surface area contributed by atoms with Crippen molar-refractivity contribution in [1.29, 1.82) is 5.26 Å². The third-order valence-electron chi connectivity index (χ3n) is 1.77. The van der Waals surface area contributed by atoms with Gasteiger partial charge in [0.25, 0.3) is 0 Å². The number of hydrogen-bond acceptors (Lipinski definition) is 2. The van der Waals surface area contributed by atoms with Gasteiger partial charge in [-0.1, -0.05) is 6.07 Å². The molecule has 3 heteroatoms. The summed E-state index contributed by atoms with van der Waals surface area (Å²) in [6, 6.07) is 7.14. The Kier molecular flexibility index (Phi) is 3.78. The Hall–Kier alpha value is -1.01. The molecule has 0 saturated heterocycles. The maximum atomic E-state index is 13.2. The topological polar surface area (TPSA) is 23.8 Å². The number of aryl methyl sites for hydroxylation is 1. The highest BCUT2D eigenvalue weighted by atomic mass is 32.2.